The summed E-state index contributed by atoms with van der Waals surface area (Å²) in [6, 6.07) is 1.57. The van der Waals surface area contributed by atoms with Gasteiger partial charge in [0.25, 0.3) is 5.91 Å². The van der Waals surface area contributed by atoms with Gasteiger partial charge in [0.2, 0.25) is 0 Å². The van der Waals surface area contributed by atoms with Crippen LogP contribution in [-0.2, 0) is 0 Å². The summed E-state index contributed by atoms with van der Waals surface area (Å²) < 4.78 is 5.03. The number of nitrogens with one attached hydrogen (secondary N) is 1. The van der Waals surface area contributed by atoms with Crippen molar-refractivity contribution < 1.29 is 9.21 Å². The smallest absolute Gasteiger partial charge is 0.273 e. The highest BCUT2D eigenvalue weighted by molar-refractivity contribution is 5.93. The third kappa shape index (κ3) is 1.03. The molecule has 0 unspecified atom stereocenters. The Morgan fingerprint density at radius 2 is 2.20 bits per heavy atom. The average molecular weight is 138 g/mol. The maximum atomic E-state index is 10.5. The molecule has 1 aromatic rings. The molecule has 1 aromatic heterocycles. The Labute approximate surface area is 58.8 Å². The summed E-state index contributed by atoms with van der Waals surface area (Å²) in [6.07, 6.45) is 0. The lowest BCUT2D eigenvalue weighted by atomic mass is 10.2. The van der Waals surface area contributed by atoms with E-state index in [4.69, 9.17) is 10.2 Å². The molecular formula is C7H8NO2. The summed E-state index contributed by atoms with van der Waals surface area (Å²) in [5.41, 5.74) is 7.13. The van der Waals surface area contributed by atoms with Gasteiger partial charge in [-0.25, -0.2) is 0 Å². The zero-order chi connectivity index (χ0) is 7.72. The van der Waals surface area contributed by atoms with Crippen LogP contribution < -0.4 is 5.73 Å². The standard InChI is InChI=1S/C7H8NO2/c1-4-3-6(7(8)9)5(2)10-4/h3,8H,1-2H3. The molecule has 1 amide bonds. The van der Waals surface area contributed by atoms with Crippen LogP contribution in [0.1, 0.15) is 21.9 Å². The Balaban J connectivity index is 3.15. The molecule has 0 saturated heterocycles. The Hall–Kier alpha value is -1.25. The maximum Gasteiger partial charge on any atom is 0.273 e. The van der Waals surface area contributed by atoms with Crippen LogP contribution in [0.15, 0.2) is 10.5 Å². The number of rotatable bonds is 1. The molecule has 0 aliphatic rings. The molecule has 3 heteroatoms. The van der Waals surface area contributed by atoms with Crippen molar-refractivity contribution in [2.24, 2.45) is 0 Å². The average Bonchev–Trinajstić information content (AvgIpc) is 2.10. The number of amides is 1. The van der Waals surface area contributed by atoms with Crippen molar-refractivity contribution in [2.75, 3.05) is 0 Å². The predicted octanol–water partition coefficient (Wildman–Crippen LogP) is 1.32. The van der Waals surface area contributed by atoms with Gasteiger partial charge in [-0.15, -0.1) is 0 Å². The molecule has 0 spiro atoms. The zero-order valence-electron chi connectivity index (χ0n) is 5.89. The molecule has 0 bridgehead atoms. The molecule has 1 heterocycles. The van der Waals surface area contributed by atoms with E-state index < -0.39 is 5.91 Å². The number of hydrogen-bond donors (Lipinski definition) is 0. The van der Waals surface area contributed by atoms with Crippen molar-refractivity contribution in [2.45, 2.75) is 13.8 Å². The minimum atomic E-state index is -0.686. The summed E-state index contributed by atoms with van der Waals surface area (Å²) in [4.78, 5) is 10.5. The van der Waals surface area contributed by atoms with Crippen LogP contribution in [0.4, 0.5) is 0 Å². The molecule has 0 fully saturated rings. The van der Waals surface area contributed by atoms with Gasteiger partial charge in [-0.05, 0) is 19.9 Å². The van der Waals surface area contributed by atoms with Crippen molar-refractivity contribution in [3.8, 4) is 0 Å². The van der Waals surface area contributed by atoms with Gasteiger partial charge in [0.1, 0.15) is 11.5 Å². The second-order valence-electron chi connectivity index (χ2n) is 2.16. The topological polar surface area (TPSA) is 54.0 Å². The molecule has 10 heavy (non-hydrogen) atoms. The van der Waals surface area contributed by atoms with E-state index in [1.807, 2.05) is 0 Å². The number of carbonyl (C=O) groups excluding carboxylic acids is 1. The molecule has 3 nitrogen and oxygen atoms in total. The first-order valence-electron chi connectivity index (χ1n) is 2.94. The minimum absolute atomic E-state index is 0.359. The number of carbonyl (C=O) groups is 1. The van der Waals surface area contributed by atoms with E-state index in [0.717, 1.165) is 0 Å². The van der Waals surface area contributed by atoms with Crippen LogP contribution in [0, 0.1) is 13.8 Å². The van der Waals surface area contributed by atoms with Crippen molar-refractivity contribution >= 4 is 5.91 Å². The zero-order valence-corrected chi connectivity index (χ0v) is 5.89. The lowest BCUT2D eigenvalue weighted by molar-refractivity contribution is 0.0990. The molecule has 0 aromatic carbocycles. The van der Waals surface area contributed by atoms with Gasteiger partial charge in [-0.3, -0.25) is 10.5 Å². The van der Waals surface area contributed by atoms with Gasteiger partial charge in [-0.2, -0.15) is 0 Å². The van der Waals surface area contributed by atoms with E-state index >= 15 is 0 Å². The molecule has 0 aliphatic heterocycles. The van der Waals surface area contributed by atoms with Crippen LogP contribution in [0.2, 0.25) is 0 Å². The van der Waals surface area contributed by atoms with Crippen LogP contribution in [0.25, 0.3) is 0 Å². The van der Waals surface area contributed by atoms with E-state index in [1.165, 1.54) is 0 Å². The van der Waals surface area contributed by atoms with Gasteiger partial charge in [-0.1, -0.05) is 0 Å². The normalized spacial score (nSPS) is 9.80. The lowest BCUT2D eigenvalue weighted by Crippen LogP contribution is -1.97. The number of hydrogen-bond acceptors (Lipinski definition) is 2. The minimum Gasteiger partial charge on any atom is -0.466 e. The van der Waals surface area contributed by atoms with Crippen molar-refractivity contribution in [3.05, 3.63) is 23.2 Å². The third-order valence-corrected chi connectivity index (χ3v) is 1.29. The molecule has 53 valence electrons. The van der Waals surface area contributed by atoms with Gasteiger partial charge in [0, 0.05) is 0 Å². The summed E-state index contributed by atoms with van der Waals surface area (Å²) in [6.45, 7) is 3.42. The number of furan rings is 1. The maximum absolute atomic E-state index is 10.5. The summed E-state index contributed by atoms with van der Waals surface area (Å²) in [5.74, 6) is 0.514. The largest absolute Gasteiger partial charge is 0.466 e. The molecule has 0 saturated carbocycles. The van der Waals surface area contributed by atoms with E-state index in [0.29, 0.717) is 17.1 Å². The van der Waals surface area contributed by atoms with Crippen LogP contribution in [0.5, 0.6) is 0 Å². The van der Waals surface area contributed by atoms with Gasteiger partial charge in [0.05, 0.1) is 5.56 Å². The highest BCUT2D eigenvalue weighted by atomic mass is 16.3. The summed E-state index contributed by atoms with van der Waals surface area (Å²) in [5, 5.41) is 0. The molecular weight excluding hydrogens is 130 g/mol. The first-order chi connectivity index (χ1) is 4.61. The summed E-state index contributed by atoms with van der Waals surface area (Å²) in [7, 11) is 0. The Morgan fingerprint density at radius 3 is 2.40 bits per heavy atom. The Morgan fingerprint density at radius 1 is 1.60 bits per heavy atom. The van der Waals surface area contributed by atoms with E-state index in [2.05, 4.69) is 0 Å². The van der Waals surface area contributed by atoms with Crippen LogP contribution in [0.3, 0.4) is 0 Å². The van der Waals surface area contributed by atoms with Gasteiger partial charge in [0.15, 0.2) is 0 Å². The van der Waals surface area contributed by atoms with Crippen molar-refractivity contribution in [1.82, 2.24) is 5.73 Å². The SMILES string of the molecule is Cc1cc(C([NH])=O)c(C)o1. The Bertz CT molecular complexity index is 263. The highest BCUT2D eigenvalue weighted by Crippen LogP contribution is 2.12. The highest BCUT2D eigenvalue weighted by Gasteiger charge is 2.09. The molecule has 1 rings (SSSR count). The second-order valence-corrected chi connectivity index (χ2v) is 2.16. The molecule has 1 radical (unpaired) electrons. The van der Waals surface area contributed by atoms with Crippen LogP contribution >= 0.6 is 0 Å². The van der Waals surface area contributed by atoms with Crippen molar-refractivity contribution in [1.29, 1.82) is 0 Å². The fraction of sp³-hybridized carbons (Fsp3) is 0.286. The quantitative estimate of drug-likeness (QED) is 0.587. The first-order valence-corrected chi connectivity index (χ1v) is 2.94. The molecule has 1 N–H and O–H groups in total. The predicted molar refractivity (Wildman–Crippen MR) is 35.6 cm³/mol. The van der Waals surface area contributed by atoms with Gasteiger partial charge >= 0.3 is 0 Å². The monoisotopic (exact) mass is 138 g/mol. The summed E-state index contributed by atoms with van der Waals surface area (Å²) >= 11 is 0. The molecule has 0 atom stereocenters. The lowest BCUT2D eigenvalue weighted by Gasteiger charge is -1.85. The van der Waals surface area contributed by atoms with Gasteiger partial charge < -0.3 is 4.42 Å². The fourth-order valence-corrected chi connectivity index (χ4v) is 0.856. The second kappa shape index (κ2) is 2.17. The van der Waals surface area contributed by atoms with E-state index in [-0.39, 0.29) is 0 Å². The van der Waals surface area contributed by atoms with E-state index in [1.54, 1.807) is 19.9 Å². The van der Waals surface area contributed by atoms with Crippen molar-refractivity contribution in [3.63, 3.8) is 0 Å². The Kier molecular flexibility index (Phi) is 1.49. The first kappa shape index (κ1) is 6.86. The fourth-order valence-electron chi connectivity index (χ4n) is 0.856. The van der Waals surface area contributed by atoms with E-state index in [9.17, 15) is 4.79 Å². The number of aryl methyl sites for hydroxylation is 2. The van der Waals surface area contributed by atoms with Crippen LogP contribution in [-0.4, -0.2) is 5.91 Å². The molecule has 0 aliphatic carbocycles. The third-order valence-electron chi connectivity index (χ3n) is 1.29.